The van der Waals surface area contributed by atoms with Crippen LogP contribution in [0.4, 0.5) is 5.82 Å². The predicted octanol–water partition coefficient (Wildman–Crippen LogP) is 1.36. The average molecular weight is 317 g/mol. The molecule has 0 aliphatic carbocycles. The number of nitrogens with zero attached hydrogens (tertiary/aromatic N) is 3. The van der Waals surface area contributed by atoms with Gasteiger partial charge in [0.25, 0.3) is 0 Å². The summed E-state index contributed by atoms with van der Waals surface area (Å²) in [6.45, 7) is 7.60. The molecule has 1 aromatic rings. The molecule has 0 spiro atoms. The molecule has 2 aliphatic heterocycles. The van der Waals surface area contributed by atoms with Gasteiger partial charge in [-0.25, -0.2) is 9.97 Å². The number of piperidine rings is 2. The first-order valence-corrected chi connectivity index (χ1v) is 8.70. The van der Waals surface area contributed by atoms with E-state index in [1.165, 1.54) is 5.69 Å². The highest BCUT2D eigenvalue weighted by Crippen LogP contribution is 2.27. The molecule has 0 bridgehead atoms. The van der Waals surface area contributed by atoms with Gasteiger partial charge in [0.2, 0.25) is 5.91 Å². The second-order valence-electron chi connectivity index (χ2n) is 6.68. The zero-order chi connectivity index (χ0) is 16.2. The number of amides is 1. The summed E-state index contributed by atoms with van der Waals surface area (Å²) in [6.07, 6.45) is 4.26. The number of hydrogen-bond acceptors (Lipinski definition) is 5. The van der Waals surface area contributed by atoms with Crippen LogP contribution in [0.5, 0.6) is 0 Å². The summed E-state index contributed by atoms with van der Waals surface area (Å²) >= 11 is 0. The number of carbonyl (C=O) groups excluding carboxylic acids is 1. The Bertz CT molecular complexity index is 548. The van der Waals surface area contributed by atoms with Gasteiger partial charge in [0.15, 0.2) is 0 Å². The van der Waals surface area contributed by atoms with Gasteiger partial charge < -0.3 is 15.5 Å². The Balaban J connectivity index is 1.68. The molecule has 0 radical (unpaired) electrons. The summed E-state index contributed by atoms with van der Waals surface area (Å²) in [4.78, 5) is 22.8. The van der Waals surface area contributed by atoms with Gasteiger partial charge in [-0.15, -0.1) is 0 Å². The van der Waals surface area contributed by atoms with Crippen molar-refractivity contribution in [1.29, 1.82) is 0 Å². The van der Waals surface area contributed by atoms with E-state index in [1.54, 1.807) is 6.92 Å². The number of hydrogen-bond donors (Lipinski definition) is 2. The lowest BCUT2D eigenvalue weighted by Crippen LogP contribution is -2.44. The molecule has 0 unspecified atom stereocenters. The minimum Gasteiger partial charge on any atom is -0.356 e. The van der Waals surface area contributed by atoms with Crippen LogP contribution in [0.1, 0.15) is 50.0 Å². The predicted molar refractivity (Wildman–Crippen MR) is 90.7 cm³/mol. The molecular formula is C17H27N5O. The van der Waals surface area contributed by atoms with E-state index >= 15 is 0 Å². The van der Waals surface area contributed by atoms with Crippen molar-refractivity contribution in [1.82, 2.24) is 20.6 Å². The maximum atomic E-state index is 11.2. The van der Waals surface area contributed by atoms with Crippen LogP contribution in [0.3, 0.4) is 0 Å². The fourth-order valence-corrected chi connectivity index (χ4v) is 3.60. The molecule has 6 nitrogen and oxygen atoms in total. The van der Waals surface area contributed by atoms with E-state index in [4.69, 9.17) is 0 Å². The monoisotopic (exact) mass is 317 g/mol. The molecule has 0 aromatic carbocycles. The van der Waals surface area contributed by atoms with Crippen molar-refractivity contribution in [3.8, 4) is 0 Å². The lowest BCUT2D eigenvalue weighted by molar-refractivity contribution is -0.119. The Morgan fingerprint density at radius 1 is 1.22 bits per heavy atom. The van der Waals surface area contributed by atoms with Gasteiger partial charge in [-0.2, -0.15) is 0 Å². The van der Waals surface area contributed by atoms with E-state index in [9.17, 15) is 4.79 Å². The van der Waals surface area contributed by atoms with Crippen molar-refractivity contribution in [3.05, 3.63) is 17.6 Å². The van der Waals surface area contributed by atoms with E-state index in [0.717, 1.165) is 63.5 Å². The van der Waals surface area contributed by atoms with Crippen LogP contribution >= 0.6 is 0 Å². The molecule has 2 saturated heterocycles. The summed E-state index contributed by atoms with van der Waals surface area (Å²) in [5.41, 5.74) is 1.19. The standard InChI is InChI=1S/C17H27N5O/c1-12-19-16(14-3-7-18-8-4-14)11-17(20-12)22-9-5-15(6-10-22)21-13(2)23/h11,14-15,18H,3-10H2,1-2H3,(H,21,23). The van der Waals surface area contributed by atoms with E-state index < -0.39 is 0 Å². The van der Waals surface area contributed by atoms with E-state index in [2.05, 4.69) is 31.6 Å². The Morgan fingerprint density at radius 3 is 2.57 bits per heavy atom. The van der Waals surface area contributed by atoms with Crippen LogP contribution in [0.2, 0.25) is 0 Å². The topological polar surface area (TPSA) is 70.2 Å². The molecular weight excluding hydrogens is 290 g/mol. The highest BCUT2D eigenvalue weighted by Gasteiger charge is 2.23. The average Bonchev–Trinajstić information content (AvgIpc) is 2.55. The summed E-state index contributed by atoms with van der Waals surface area (Å²) in [5, 5.41) is 6.43. The molecule has 1 amide bonds. The summed E-state index contributed by atoms with van der Waals surface area (Å²) < 4.78 is 0. The molecule has 6 heteroatoms. The third kappa shape index (κ3) is 4.19. The van der Waals surface area contributed by atoms with Crippen LogP contribution in [-0.4, -0.2) is 48.1 Å². The smallest absolute Gasteiger partial charge is 0.217 e. The van der Waals surface area contributed by atoms with Crippen molar-refractivity contribution in [3.63, 3.8) is 0 Å². The van der Waals surface area contributed by atoms with Crippen molar-refractivity contribution in [2.45, 2.75) is 51.5 Å². The van der Waals surface area contributed by atoms with Crippen LogP contribution in [-0.2, 0) is 4.79 Å². The van der Waals surface area contributed by atoms with Crippen molar-refractivity contribution >= 4 is 11.7 Å². The van der Waals surface area contributed by atoms with Crippen molar-refractivity contribution in [2.24, 2.45) is 0 Å². The summed E-state index contributed by atoms with van der Waals surface area (Å²) in [7, 11) is 0. The molecule has 0 saturated carbocycles. The van der Waals surface area contributed by atoms with Crippen LogP contribution < -0.4 is 15.5 Å². The Morgan fingerprint density at radius 2 is 1.91 bits per heavy atom. The van der Waals surface area contributed by atoms with Crippen LogP contribution in [0.25, 0.3) is 0 Å². The van der Waals surface area contributed by atoms with Gasteiger partial charge in [-0.05, 0) is 45.7 Å². The summed E-state index contributed by atoms with van der Waals surface area (Å²) in [6, 6.07) is 2.48. The molecule has 23 heavy (non-hydrogen) atoms. The van der Waals surface area contributed by atoms with Gasteiger partial charge >= 0.3 is 0 Å². The largest absolute Gasteiger partial charge is 0.356 e. The maximum Gasteiger partial charge on any atom is 0.217 e. The number of aryl methyl sites for hydroxylation is 1. The van der Waals surface area contributed by atoms with Crippen LogP contribution in [0, 0.1) is 6.92 Å². The molecule has 2 N–H and O–H groups in total. The normalized spacial score (nSPS) is 20.5. The lowest BCUT2D eigenvalue weighted by Gasteiger charge is -2.33. The minimum absolute atomic E-state index is 0.0644. The highest BCUT2D eigenvalue weighted by atomic mass is 16.1. The second kappa shape index (κ2) is 7.25. The van der Waals surface area contributed by atoms with Crippen molar-refractivity contribution < 1.29 is 4.79 Å². The van der Waals surface area contributed by atoms with Crippen molar-refractivity contribution in [2.75, 3.05) is 31.1 Å². The first-order chi connectivity index (χ1) is 11.1. The number of carbonyl (C=O) groups is 1. The molecule has 3 rings (SSSR count). The van der Waals surface area contributed by atoms with E-state index in [-0.39, 0.29) is 5.91 Å². The third-order valence-corrected chi connectivity index (χ3v) is 4.83. The fraction of sp³-hybridized carbons (Fsp3) is 0.706. The van der Waals surface area contributed by atoms with E-state index in [0.29, 0.717) is 12.0 Å². The Labute approximate surface area is 138 Å². The molecule has 126 valence electrons. The molecule has 0 atom stereocenters. The van der Waals surface area contributed by atoms with Gasteiger partial charge in [0.1, 0.15) is 11.6 Å². The number of aromatic nitrogens is 2. The number of nitrogens with one attached hydrogen (secondary N) is 2. The number of rotatable bonds is 3. The molecule has 2 fully saturated rings. The van der Waals surface area contributed by atoms with E-state index in [1.807, 2.05) is 6.92 Å². The van der Waals surface area contributed by atoms with Gasteiger partial charge in [-0.3, -0.25) is 4.79 Å². The Hall–Kier alpha value is -1.69. The summed E-state index contributed by atoms with van der Waals surface area (Å²) in [5.74, 6) is 2.52. The maximum absolute atomic E-state index is 11.2. The lowest BCUT2D eigenvalue weighted by atomic mass is 9.94. The minimum atomic E-state index is 0.0644. The fourth-order valence-electron chi connectivity index (χ4n) is 3.60. The zero-order valence-electron chi connectivity index (χ0n) is 14.1. The van der Waals surface area contributed by atoms with Gasteiger partial charge in [-0.1, -0.05) is 0 Å². The zero-order valence-corrected chi connectivity index (χ0v) is 14.1. The third-order valence-electron chi connectivity index (χ3n) is 4.83. The van der Waals surface area contributed by atoms with Gasteiger partial charge in [0, 0.05) is 43.7 Å². The second-order valence-corrected chi connectivity index (χ2v) is 6.68. The SMILES string of the molecule is CC(=O)NC1CCN(c2cc(C3CCNCC3)nc(C)n2)CC1. The van der Waals surface area contributed by atoms with Crippen LogP contribution in [0.15, 0.2) is 6.07 Å². The first kappa shape index (κ1) is 16.2. The first-order valence-electron chi connectivity index (χ1n) is 8.70. The van der Waals surface area contributed by atoms with Gasteiger partial charge in [0.05, 0.1) is 0 Å². The number of anilines is 1. The quantitative estimate of drug-likeness (QED) is 0.881. The highest BCUT2D eigenvalue weighted by molar-refractivity contribution is 5.73. The molecule has 2 aliphatic rings. The molecule has 1 aromatic heterocycles. The Kier molecular flexibility index (Phi) is 5.10. The molecule has 3 heterocycles.